The summed E-state index contributed by atoms with van der Waals surface area (Å²) in [6.07, 6.45) is 7.09. The lowest BCUT2D eigenvalue weighted by Crippen LogP contribution is -2.48. The molecule has 2 atom stereocenters. The average molecular weight is 269 g/mol. The second-order valence-electron chi connectivity index (χ2n) is 6.59. The number of morpholine rings is 1. The first kappa shape index (κ1) is 14.8. The van der Waals surface area contributed by atoms with Crippen LogP contribution in [0.25, 0.3) is 0 Å². The fourth-order valence-electron chi connectivity index (χ4n) is 3.27. The second-order valence-corrected chi connectivity index (χ2v) is 6.59. The molecule has 0 aromatic heterocycles. The Hall–Kier alpha value is -0.610. The van der Waals surface area contributed by atoms with Gasteiger partial charge in [0, 0.05) is 12.6 Å². The van der Waals surface area contributed by atoms with E-state index in [1.54, 1.807) is 0 Å². The summed E-state index contributed by atoms with van der Waals surface area (Å²) in [5.41, 5.74) is -0.582. The molecule has 4 nitrogen and oxygen atoms in total. The van der Waals surface area contributed by atoms with E-state index in [2.05, 4.69) is 4.90 Å². The summed E-state index contributed by atoms with van der Waals surface area (Å²) >= 11 is 0. The highest BCUT2D eigenvalue weighted by atomic mass is 16.5. The van der Waals surface area contributed by atoms with Crippen LogP contribution in [0.4, 0.5) is 0 Å². The van der Waals surface area contributed by atoms with Crippen molar-refractivity contribution in [2.75, 3.05) is 19.7 Å². The lowest BCUT2D eigenvalue weighted by atomic mass is 9.87. The number of rotatable bonds is 6. The molecule has 1 aliphatic heterocycles. The largest absolute Gasteiger partial charge is 0.481 e. The van der Waals surface area contributed by atoms with Gasteiger partial charge in [-0.2, -0.15) is 0 Å². The molecule has 1 saturated heterocycles. The molecule has 0 bridgehead atoms. The Bertz CT molecular complexity index is 317. The number of aliphatic carboxylic acids is 1. The van der Waals surface area contributed by atoms with Gasteiger partial charge in [0.25, 0.3) is 0 Å². The number of unbranched alkanes of at least 4 members (excludes halogenated alkanes) is 1. The van der Waals surface area contributed by atoms with Crippen LogP contribution in [-0.2, 0) is 9.53 Å². The monoisotopic (exact) mass is 269 g/mol. The predicted molar refractivity (Wildman–Crippen MR) is 74.2 cm³/mol. The first-order valence-corrected chi connectivity index (χ1v) is 7.60. The molecule has 1 saturated carbocycles. The first-order valence-electron chi connectivity index (χ1n) is 7.60. The van der Waals surface area contributed by atoms with E-state index in [0.29, 0.717) is 12.1 Å². The summed E-state index contributed by atoms with van der Waals surface area (Å²) in [6.45, 7) is 6.64. The highest BCUT2D eigenvalue weighted by Gasteiger charge is 2.35. The Balaban J connectivity index is 1.69. The van der Waals surface area contributed by atoms with Gasteiger partial charge in [0.05, 0.1) is 18.1 Å². The molecule has 2 unspecified atom stereocenters. The van der Waals surface area contributed by atoms with Crippen LogP contribution in [0, 0.1) is 5.41 Å². The molecule has 4 heteroatoms. The van der Waals surface area contributed by atoms with Crippen molar-refractivity contribution in [1.29, 1.82) is 0 Å². The van der Waals surface area contributed by atoms with E-state index in [4.69, 9.17) is 9.84 Å². The summed E-state index contributed by atoms with van der Waals surface area (Å²) in [4.78, 5) is 13.6. The highest BCUT2D eigenvalue weighted by molar-refractivity contribution is 5.73. The van der Waals surface area contributed by atoms with E-state index in [1.165, 1.54) is 19.3 Å². The Morgan fingerprint density at radius 1 is 1.37 bits per heavy atom. The van der Waals surface area contributed by atoms with Gasteiger partial charge < -0.3 is 9.84 Å². The van der Waals surface area contributed by atoms with Crippen molar-refractivity contribution in [3.8, 4) is 0 Å². The van der Waals surface area contributed by atoms with Crippen LogP contribution in [-0.4, -0.2) is 47.8 Å². The van der Waals surface area contributed by atoms with Crippen molar-refractivity contribution in [2.45, 2.75) is 64.5 Å². The minimum Gasteiger partial charge on any atom is -0.481 e. The third kappa shape index (κ3) is 3.69. The highest BCUT2D eigenvalue weighted by Crippen LogP contribution is 2.30. The van der Waals surface area contributed by atoms with E-state index in [0.717, 1.165) is 39.0 Å². The second kappa shape index (κ2) is 6.23. The van der Waals surface area contributed by atoms with Crippen LogP contribution in [0.5, 0.6) is 0 Å². The van der Waals surface area contributed by atoms with E-state index in [-0.39, 0.29) is 0 Å². The lowest BCUT2D eigenvalue weighted by Gasteiger charge is -2.37. The number of hydrogen-bond donors (Lipinski definition) is 1. The van der Waals surface area contributed by atoms with E-state index in [9.17, 15) is 4.79 Å². The lowest BCUT2D eigenvalue weighted by molar-refractivity contribution is -0.147. The van der Waals surface area contributed by atoms with E-state index < -0.39 is 11.4 Å². The van der Waals surface area contributed by atoms with Gasteiger partial charge >= 0.3 is 5.97 Å². The molecule has 0 aromatic carbocycles. The van der Waals surface area contributed by atoms with Crippen molar-refractivity contribution < 1.29 is 14.6 Å². The van der Waals surface area contributed by atoms with Crippen LogP contribution in [0.15, 0.2) is 0 Å². The number of carbonyl (C=O) groups is 1. The number of fused-ring (bicyclic) bond motifs is 1. The quantitative estimate of drug-likeness (QED) is 0.753. The van der Waals surface area contributed by atoms with Gasteiger partial charge in [-0.1, -0.05) is 6.42 Å². The molecule has 0 spiro atoms. The summed E-state index contributed by atoms with van der Waals surface area (Å²) < 4.78 is 5.80. The maximum absolute atomic E-state index is 11.0. The maximum Gasteiger partial charge on any atom is 0.309 e. The van der Waals surface area contributed by atoms with Gasteiger partial charge in [-0.3, -0.25) is 9.69 Å². The topological polar surface area (TPSA) is 49.8 Å². The molecule has 1 heterocycles. The third-order valence-electron chi connectivity index (χ3n) is 4.67. The van der Waals surface area contributed by atoms with E-state index >= 15 is 0 Å². The van der Waals surface area contributed by atoms with Crippen LogP contribution in [0.3, 0.4) is 0 Å². The minimum atomic E-state index is -0.685. The predicted octanol–water partition coefficient (Wildman–Crippen LogP) is 2.52. The summed E-state index contributed by atoms with van der Waals surface area (Å²) in [6, 6.07) is 0.626. The normalized spacial score (nSPS) is 28.3. The zero-order valence-electron chi connectivity index (χ0n) is 12.2. The van der Waals surface area contributed by atoms with Crippen molar-refractivity contribution >= 4 is 5.97 Å². The average Bonchev–Trinajstić information content (AvgIpc) is 2.83. The summed E-state index contributed by atoms with van der Waals surface area (Å²) in [5, 5.41) is 9.09. The molecule has 0 aromatic rings. The summed E-state index contributed by atoms with van der Waals surface area (Å²) in [7, 11) is 0. The zero-order valence-corrected chi connectivity index (χ0v) is 12.2. The Morgan fingerprint density at radius 2 is 2.16 bits per heavy atom. The number of ether oxygens (including phenoxy) is 1. The number of carboxylic acids is 1. The van der Waals surface area contributed by atoms with Crippen LogP contribution in [0.2, 0.25) is 0 Å². The van der Waals surface area contributed by atoms with Crippen LogP contribution in [0.1, 0.15) is 52.4 Å². The van der Waals surface area contributed by atoms with Crippen molar-refractivity contribution in [3.05, 3.63) is 0 Å². The van der Waals surface area contributed by atoms with Gasteiger partial charge in [0.1, 0.15) is 0 Å². The number of nitrogens with zero attached hydrogens (tertiary/aromatic N) is 1. The molecule has 110 valence electrons. The van der Waals surface area contributed by atoms with E-state index in [1.807, 2.05) is 13.8 Å². The van der Waals surface area contributed by atoms with Crippen molar-refractivity contribution in [1.82, 2.24) is 4.90 Å². The number of hydrogen-bond acceptors (Lipinski definition) is 3. The molecule has 0 amide bonds. The molecular formula is C15H27NO3. The van der Waals surface area contributed by atoms with Gasteiger partial charge in [-0.05, 0) is 52.5 Å². The van der Waals surface area contributed by atoms with Gasteiger partial charge in [-0.25, -0.2) is 0 Å². The molecule has 0 radical (unpaired) electrons. The summed E-state index contributed by atoms with van der Waals surface area (Å²) in [5.74, 6) is -0.685. The standard InChI is InChI=1S/C15H27NO3/c1-15(2,14(17)18)8-3-4-9-16-10-11-19-13-7-5-6-12(13)16/h12-13H,3-11H2,1-2H3,(H,17,18). The van der Waals surface area contributed by atoms with Crippen molar-refractivity contribution in [2.24, 2.45) is 5.41 Å². The Kier molecular flexibility index (Phi) is 4.85. The molecule has 2 rings (SSSR count). The van der Waals surface area contributed by atoms with Gasteiger partial charge in [-0.15, -0.1) is 0 Å². The van der Waals surface area contributed by atoms with Crippen LogP contribution < -0.4 is 0 Å². The van der Waals surface area contributed by atoms with Crippen LogP contribution >= 0.6 is 0 Å². The van der Waals surface area contributed by atoms with Gasteiger partial charge in [0.2, 0.25) is 0 Å². The Labute approximate surface area is 116 Å². The fourth-order valence-corrected chi connectivity index (χ4v) is 3.27. The zero-order chi connectivity index (χ0) is 13.9. The Morgan fingerprint density at radius 3 is 2.89 bits per heavy atom. The first-order chi connectivity index (χ1) is 9.00. The fraction of sp³-hybridized carbons (Fsp3) is 0.933. The third-order valence-corrected chi connectivity index (χ3v) is 4.67. The molecule has 2 fully saturated rings. The van der Waals surface area contributed by atoms with Crippen molar-refractivity contribution in [3.63, 3.8) is 0 Å². The SMILES string of the molecule is CC(C)(CCCCN1CCOC2CCCC21)C(=O)O. The maximum atomic E-state index is 11.0. The van der Waals surface area contributed by atoms with Gasteiger partial charge in [0.15, 0.2) is 0 Å². The number of carboxylic acid groups (broad SMARTS) is 1. The molecule has 1 aliphatic carbocycles. The smallest absolute Gasteiger partial charge is 0.309 e. The molecular weight excluding hydrogens is 242 g/mol. The molecule has 1 N–H and O–H groups in total. The molecule has 19 heavy (non-hydrogen) atoms. The minimum absolute atomic E-state index is 0.462. The molecule has 2 aliphatic rings.